The Kier molecular flexibility index (Phi) is 5.43. The van der Waals surface area contributed by atoms with E-state index in [0.717, 1.165) is 12.0 Å². The van der Waals surface area contributed by atoms with E-state index in [0.29, 0.717) is 18.4 Å². The van der Waals surface area contributed by atoms with E-state index in [1.807, 2.05) is 27.7 Å². The first-order chi connectivity index (χ1) is 13.1. The Labute approximate surface area is 165 Å². The van der Waals surface area contributed by atoms with Crippen LogP contribution in [0.15, 0.2) is 10.7 Å². The van der Waals surface area contributed by atoms with Gasteiger partial charge < -0.3 is 13.9 Å². The fourth-order valence-electron chi connectivity index (χ4n) is 4.93. The van der Waals surface area contributed by atoms with Crippen molar-refractivity contribution in [2.75, 3.05) is 0 Å². The van der Waals surface area contributed by atoms with Crippen molar-refractivity contribution in [1.82, 2.24) is 0 Å². The maximum Gasteiger partial charge on any atom is 0.306 e. The van der Waals surface area contributed by atoms with Crippen molar-refractivity contribution in [3.63, 3.8) is 0 Å². The van der Waals surface area contributed by atoms with E-state index in [9.17, 15) is 14.4 Å². The van der Waals surface area contributed by atoms with Gasteiger partial charge in [0.1, 0.15) is 12.2 Å². The minimum Gasteiger partial charge on any atom is -0.462 e. The highest BCUT2D eigenvalue weighted by molar-refractivity contribution is 6.00. The molecule has 0 aliphatic heterocycles. The van der Waals surface area contributed by atoms with E-state index in [1.54, 1.807) is 0 Å². The molecule has 1 aromatic heterocycles. The summed E-state index contributed by atoms with van der Waals surface area (Å²) in [6.07, 6.45) is 2.08. The minimum absolute atomic E-state index is 0.104. The van der Waals surface area contributed by atoms with Gasteiger partial charge in [-0.15, -0.1) is 0 Å². The Balaban J connectivity index is 2.11. The third kappa shape index (κ3) is 3.27. The van der Waals surface area contributed by atoms with E-state index in [-0.39, 0.29) is 29.3 Å². The van der Waals surface area contributed by atoms with E-state index in [4.69, 9.17) is 13.9 Å². The number of carbonyl (C=O) groups excluding carboxylic acids is 3. The number of aryl methyl sites for hydroxylation is 1. The van der Waals surface area contributed by atoms with Crippen LogP contribution in [0.2, 0.25) is 0 Å². The Morgan fingerprint density at radius 2 is 1.96 bits per heavy atom. The molecular formula is C22H30O6. The van der Waals surface area contributed by atoms with Crippen molar-refractivity contribution in [3.05, 3.63) is 23.2 Å². The summed E-state index contributed by atoms with van der Waals surface area (Å²) in [4.78, 5) is 37.7. The smallest absolute Gasteiger partial charge is 0.306 e. The molecule has 0 aromatic carbocycles. The number of furan rings is 1. The second-order valence-corrected chi connectivity index (χ2v) is 8.96. The number of hydrogen-bond donors (Lipinski definition) is 0. The zero-order valence-corrected chi connectivity index (χ0v) is 17.5. The first-order valence-corrected chi connectivity index (χ1v) is 10.1. The molecule has 3 rings (SSSR count). The lowest BCUT2D eigenvalue weighted by atomic mass is 9.53. The molecule has 154 valence electrons. The van der Waals surface area contributed by atoms with Crippen LogP contribution in [-0.2, 0) is 19.1 Å². The highest BCUT2D eigenvalue weighted by Crippen LogP contribution is 2.60. The summed E-state index contributed by atoms with van der Waals surface area (Å²) in [5, 5.41) is 0. The number of ether oxygens (including phenoxy) is 2. The van der Waals surface area contributed by atoms with Crippen molar-refractivity contribution >= 4 is 17.7 Å². The van der Waals surface area contributed by atoms with Gasteiger partial charge in [0.2, 0.25) is 5.78 Å². The fourth-order valence-corrected chi connectivity index (χ4v) is 4.93. The number of fused-ring (bicyclic) bond motifs is 2. The number of rotatable bonds is 4. The normalized spacial score (nSPS) is 31.9. The second-order valence-electron chi connectivity index (χ2n) is 8.96. The molecule has 0 spiro atoms. The van der Waals surface area contributed by atoms with E-state index >= 15 is 0 Å². The molecule has 1 aromatic rings. The topological polar surface area (TPSA) is 82.8 Å². The summed E-state index contributed by atoms with van der Waals surface area (Å²) in [5.74, 6) is -0.966. The van der Waals surface area contributed by atoms with Crippen LogP contribution < -0.4 is 0 Å². The zero-order valence-electron chi connectivity index (χ0n) is 17.5. The molecule has 0 saturated heterocycles. The molecule has 0 unspecified atom stereocenters. The number of hydrogen-bond acceptors (Lipinski definition) is 6. The third-order valence-corrected chi connectivity index (χ3v) is 6.49. The van der Waals surface area contributed by atoms with Crippen LogP contribution >= 0.6 is 0 Å². The van der Waals surface area contributed by atoms with Gasteiger partial charge in [-0.05, 0) is 37.2 Å². The first-order valence-electron chi connectivity index (χ1n) is 10.1. The summed E-state index contributed by atoms with van der Waals surface area (Å²) in [6, 6.07) is 0. The lowest BCUT2D eigenvalue weighted by Crippen LogP contribution is -2.56. The van der Waals surface area contributed by atoms with Crippen molar-refractivity contribution in [2.24, 2.45) is 23.2 Å². The molecule has 1 saturated carbocycles. The monoisotopic (exact) mass is 390 g/mol. The summed E-state index contributed by atoms with van der Waals surface area (Å²) in [7, 11) is 0. The van der Waals surface area contributed by atoms with Gasteiger partial charge in [-0.2, -0.15) is 0 Å². The van der Waals surface area contributed by atoms with Crippen molar-refractivity contribution < 1.29 is 28.3 Å². The van der Waals surface area contributed by atoms with Gasteiger partial charge in [0.15, 0.2) is 5.76 Å². The van der Waals surface area contributed by atoms with E-state index in [2.05, 4.69) is 6.92 Å². The van der Waals surface area contributed by atoms with Crippen LogP contribution in [0, 0.1) is 30.1 Å². The number of esters is 2. The van der Waals surface area contributed by atoms with Crippen LogP contribution in [0.25, 0.3) is 0 Å². The lowest BCUT2D eigenvalue weighted by molar-refractivity contribution is -0.181. The van der Waals surface area contributed by atoms with Gasteiger partial charge in [0.05, 0.1) is 12.2 Å². The summed E-state index contributed by atoms with van der Waals surface area (Å²) < 4.78 is 17.2. The highest BCUT2D eigenvalue weighted by Gasteiger charge is 2.62. The molecule has 5 atom stereocenters. The second kappa shape index (κ2) is 7.37. The van der Waals surface area contributed by atoms with Crippen LogP contribution in [0.3, 0.4) is 0 Å². The highest BCUT2D eigenvalue weighted by atomic mass is 16.6. The molecule has 0 amide bonds. The van der Waals surface area contributed by atoms with Crippen molar-refractivity contribution in [2.45, 2.75) is 73.0 Å². The molecule has 2 aliphatic rings. The summed E-state index contributed by atoms with van der Waals surface area (Å²) in [5.41, 5.74) is 0.785. The molecule has 6 nitrogen and oxygen atoms in total. The number of ketones is 1. The Hall–Kier alpha value is -2.11. The molecular weight excluding hydrogens is 360 g/mol. The fraction of sp³-hybridized carbons (Fsp3) is 0.682. The quantitative estimate of drug-likeness (QED) is 0.709. The van der Waals surface area contributed by atoms with Gasteiger partial charge in [-0.1, -0.05) is 27.7 Å². The molecule has 0 bridgehead atoms. The van der Waals surface area contributed by atoms with E-state index < -0.39 is 29.5 Å². The summed E-state index contributed by atoms with van der Waals surface area (Å²) >= 11 is 0. The van der Waals surface area contributed by atoms with Gasteiger partial charge in [-0.3, -0.25) is 14.4 Å². The third-order valence-electron chi connectivity index (χ3n) is 6.49. The van der Waals surface area contributed by atoms with Crippen LogP contribution in [-0.4, -0.2) is 23.8 Å². The SMILES string of the molecule is CC(=O)O[C@H]1CC[C@H](C)[C@@]2(C)[C@H](OC(=O)CC(C)C)c3c(C)coc3C(=O)[C@H]12. The molecule has 0 radical (unpaired) electrons. The van der Waals surface area contributed by atoms with Gasteiger partial charge in [-0.25, -0.2) is 0 Å². The molecule has 0 N–H and O–H groups in total. The predicted molar refractivity (Wildman–Crippen MR) is 102 cm³/mol. The Bertz CT molecular complexity index is 791. The standard InChI is InChI=1S/C22H30O6/c1-11(2)9-16(24)28-21-17-12(3)10-26-20(17)19(25)18-15(27-14(5)23)8-7-13(4)22(18,21)6/h10-11,13,15,18,21H,7-9H2,1-6H3/t13-,15-,18-,21+,22+/m0/s1. The minimum atomic E-state index is -0.677. The molecule has 6 heteroatoms. The van der Waals surface area contributed by atoms with Crippen LogP contribution in [0.5, 0.6) is 0 Å². The number of carbonyl (C=O) groups is 3. The van der Waals surface area contributed by atoms with Crippen LogP contribution in [0.1, 0.15) is 81.7 Å². The lowest BCUT2D eigenvalue weighted by Gasteiger charge is -2.53. The molecule has 1 heterocycles. The predicted octanol–water partition coefficient (Wildman–Crippen LogP) is 4.40. The molecule has 2 aliphatic carbocycles. The average Bonchev–Trinajstić information content (AvgIpc) is 2.95. The van der Waals surface area contributed by atoms with Gasteiger partial charge >= 0.3 is 11.9 Å². The first kappa shape index (κ1) is 20.6. The van der Waals surface area contributed by atoms with Gasteiger partial charge in [0, 0.05) is 24.3 Å². The van der Waals surface area contributed by atoms with Crippen LogP contribution in [0.4, 0.5) is 0 Å². The molecule has 1 fully saturated rings. The molecule has 28 heavy (non-hydrogen) atoms. The average molecular weight is 390 g/mol. The zero-order chi connectivity index (χ0) is 20.8. The van der Waals surface area contributed by atoms with Gasteiger partial charge in [0.25, 0.3) is 0 Å². The maximum absolute atomic E-state index is 13.4. The number of Topliss-reactive ketones (excluding diaryl/α,β-unsaturated/α-hetero) is 1. The Morgan fingerprint density at radius 1 is 1.29 bits per heavy atom. The van der Waals surface area contributed by atoms with Crippen molar-refractivity contribution in [3.8, 4) is 0 Å². The largest absolute Gasteiger partial charge is 0.462 e. The Morgan fingerprint density at radius 3 is 2.57 bits per heavy atom. The van der Waals surface area contributed by atoms with E-state index in [1.165, 1.54) is 13.2 Å². The van der Waals surface area contributed by atoms with Crippen molar-refractivity contribution in [1.29, 1.82) is 0 Å². The maximum atomic E-state index is 13.4. The summed E-state index contributed by atoms with van der Waals surface area (Å²) in [6.45, 7) is 11.2.